The Kier molecular flexibility index (Phi) is 2.14. The number of hydrogen-bond acceptors (Lipinski definition) is 4. The lowest BCUT2D eigenvalue weighted by atomic mass is 10.2. The Morgan fingerprint density at radius 3 is 2.79 bits per heavy atom. The molecule has 0 saturated heterocycles. The summed E-state index contributed by atoms with van der Waals surface area (Å²) in [6.45, 7) is 0. The van der Waals surface area contributed by atoms with Crippen molar-refractivity contribution in [2.24, 2.45) is 0 Å². The number of aromatic amines is 1. The van der Waals surface area contributed by atoms with Crippen LogP contribution in [-0.2, 0) is 0 Å². The molecule has 0 aliphatic heterocycles. The van der Waals surface area contributed by atoms with Crippen molar-refractivity contribution in [2.75, 3.05) is 19.0 Å². The first-order valence-corrected chi connectivity index (χ1v) is 4.27. The minimum Gasteiger partial charge on any atom is -0.362 e. The van der Waals surface area contributed by atoms with E-state index in [4.69, 9.17) is 0 Å². The number of aromatic nitrogens is 4. The number of nitrogens with zero attached hydrogens (tertiary/aromatic N) is 4. The molecule has 14 heavy (non-hydrogen) atoms. The van der Waals surface area contributed by atoms with Gasteiger partial charge < -0.3 is 4.90 Å². The molecule has 2 rings (SSSR count). The van der Waals surface area contributed by atoms with E-state index in [9.17, 15) is 0 Å². The number of H-pyrrole nitrogens is 1. The van der Waals surface area contributed by atoms with Crippen molar-refractivity contribution in [2.45, 2.75) is 0 Å². The maximum atomic E-state index is 4.27. The van der Waals surface area contributed by atoms with Crippen LogP contribution in [0, 0.1) is 0 Å². The van der Waals surface area contributed by atoms with Gasteiger partial charge in [-0.25, -0.2) is 9.97 Å². The normalized spacial score (nSPS) is 10.1. The van der Waals surface area contributed by atoms with Crippen molar-refractivity contribution >= 4 is 5.82 Å². The Balaban J connectivity index is 2.53. The molecule has 0 fully saturated rings. The van der Waals surface area contributed by atoms with Gasteiger partial charge in [0, 0.05) is 20.3 Å². The van der Waals surface area contributed by atoms with E-state index >= 15 is 0 Å². The molecule has 72 valence electrons. The van der Waals surface area contributed by atoms with Crippen molar-refractivity contribution < 1.29 is 0 Å². The molecular weight excluding hydrogens is 178 g/mol. The van der Waals surface area contributed by atoms with E-state index in [0.717, 1.165) is 17.2 Å². The molecule has 0 amide bonds. The molecular formula is C9H11N5. The molecule has 5 nitrogen and oxygen atoms in total. The number of pyridine rings is 1. The zero-order valence-corrected chi connectivity index (χ0v) is 8.10. The summed E-state index contributed by atoms with van der Waals surface area (Å²) in [5.74, 6) is 1.62. The van der Waals surface area contributed by atoms with E-state index in [-0.39, 0.29) is 0 Å². The fraction of sp³-hybridized carbons (Fsp3) is 0.222. The maximum Gasteiger partial charge on any atom is 0.159 e. The molecule has 2 heterocycles. The summed E-state index contributed by atoms with van der Waals surface area (Å²) in [6.07, 6.45) is 3.25. The monoisotopic (exact) mass is 189 g/mol. The first-order chi connectivity index (χ1) is 6.79. The van der Waals surface area contributed by atoms with Crippen LogP contribution in [0.5, 0.6) is 0 Å². The molecule has 0 unspecified atom stereocenters. The third kappa shape index (κ3) is 1.44. The largest absolute Gasteiger partial charge is 0.362 e. The highest BCUT2D eigenvalue weighted by atomic mass is 15.2. The van der Waals surface area contributed by atoms with Crippen molar-refractivity contribution in [1.29, 1.82) is 0 Å². The molecule has 0 spiro atoms. The molecule has 1 N–H and O–H groups in total. The van der Waals surface area contributed by atoms with Crippen LogP contribution in [0.4, 0.5) is 5.82 Å². The Hall–Kier alpha value is -1.91. The van der Waals surface area contributed by atoms with Crippen LogP contribution < -0.4 is 4.90 Å². The molecule has 0 aliphatic rings. The number of hydrogen-bond donors (Lipinski definition) is 1. The van der Waals surface area contributed by atoms with Gasteiger partial charge in [-0.1, -0.05) is 0 Å². The second-order valence-corrected chi connectivity index (χ2v) is 3.10. The zero-order valence-electron chi connectivity index (χ0n) is 8.10. The molecule has 0 radical (unpaired) electrons. The lowest BCUT2D eigenvalue weighted by Crippen LogP contribution is -2.11. The topological polar surface area (TPSA) is 57.7 Å². The van der Waals surface area contributed by atoms with Crippen molar-refractivity contribution in [3.63, 3.8) is 0 Å². The van der Waals surface area contributed by atoms with Gasteiger partial charge in [-0.15, -0.1) is 0 Å². The second kappa shape index (κ2) is 3.45. The Morgan fingerprint density at radius 1 is 1.29 bits per heavy atom. The van der Waals surface area contributed by atoms with E-state index in [2.05, 4.69) is 20.2 Å². The van der Waals surface area contributed by atoms with Gasteiger partial charge in [0.2, 0.25) is 0 Å². The molecule has 0 aromatic carbocycles. The summed E-state index contributed by atoms with van der Waals surface area (Å²) in [6, 6.07) is 3.84. The maximum absolute atomic E-state index is 4.27. The van der Waals surface area contributed by atoms with Crippen molar-refractivity contribution in [3.8, 4) is 11.4 Å². The van der Waals surface area contributed by atoms with E-state index < -0.39 is 0 Å². The summed E-state index contributed by atoms with van der Waals surface area (Å²) in [4.78, 5) is 10.3. The van der Waals surface area contributed by atoms with Gasteiger partial charge in [0.1, 0.15) is 12.1 Å². The average molecular weight is 189 g/mol. The lowest BCUT2D eigenvalue weighted by Gasteiger charge is -2.13. The van der Waals surface area contributed by atoms with Gasteiger partial charge in [0.25, 0.3) is 0 Å². The Morgan fingerprint density at radius 2 is 2.14 bits per heavy atom. The third-order valence-corrected chi connectivity index (χ3v) is 1.88. The summed E-state index contributed by atoms with van der Waals surface area (Å²) < 4.78 is 0. The van der Waals surface area contributed by atoms with Crippen LogP contribution >= 0.6 is 0 Å². The standard InChI is InChI=1S/C9H11N5/c1-14(2)9-7(4-3-5-10-9)8-11-6-12-13-8/h3-6H,1-2H3,(H,11,12,13). The van der Waals surface area contributed by atoms with Gasteiger partial charge in [0.05, 0.1) is 5.56 Å². The molecule has 0 aliphatic carbocycles. The average Bonchev–Trinajstić information content (AvgIpc) is 2.70. The van der Waals surface area contributed by atoms with Gasteiger partial charge >= 0.3 is 0 Å². The zero-order chi connectivity index (χ0) is 9.97. The minimum absolute atomic E-state index is 0.738. The molecule has 0 atom stereocenters. The van der Waals surface area contributed by atoms with Crippen LogP contribution in [0.25, 0.3) is 11.4 Å². The van der Waals surface area contributed by atoms with Gasteiger partial charge in [0.15, 0.2) is 5.82 Å². The third-order valence-electron chi connectivity index (χ3n) is 1.88. The fourth-order valence-corrected chi connectivity index (χ4v) is 1.27. The SMILES string of the molecule is CN(C)c1ncccc1-c1ncn[nH]1. The number of rotatable bonds is 2. The Labute approximate surface area is 81.8 Å². The Bertz CT molecular complexity index is 407. The highest BCUT2D eigenvalue weighted by molar-refractivity contribution is 5.69. The molecule has 0 bridgehead atoms. The van der Waals surface area contributed by atoms with E-state index in [1.54, 1.807) is 6.20 Å². The van der Waals surface area contributed by atoms with Crippen LogP contribution in [0.2, 0.25) is 0 Å². The van der Waals surface area contributed by atoms with Crippen LogP contribution in [0.1, 0.15) is 0 Å². The summed E-state index contributed by atoms with van der Waals surface area (Å²) >= 11 is 0. The highest BCUT2D eigenvalue weighted by Crippen LogP contribution is 2.23. The first kappa shape index (κ1) is 8.68. The summed E-state index contributed by atoms with van der Waals surface area (Å²) in [5.41, 5.74) is 0.954. The van der Waals surface area contributed by atoms with E-state index in [1.807, 2.05) is 31.1 Å². The van der Waals surface area contributed by atoms with Crippen LogP contribution in [0.3, 0.4) is 0 Å². The smallest absolute Gasteiger partial charge is 0.159 e. The quantitative estimate of drug-likeness (QED) is 0.763. The first-order valence-electron chi connectivity index (χ1n) is 4.27. The predicted octanol–water partition coefficient (Wildman–Crippen LogP) is 0.933. The number of anilines is 1. The molecule has 5 heteroatoms. The fourth-order valence-electron chi connectivity index (χ4n) is 1.27. The summed E-state index contributed by atoms with van der Waals surface area (Å²) in [7, 11) is 3.89. The minimum atomic E-state index is 0.738. The highest BCUT2D eigenvalue weighted by Gasteiger charge is 2.09. The molecule has 0 saturated carbocycles. The summed E-state index contributed by atoms with van der Waals surface area (Å²) in [5, 5.41) is 6.64. The molecule has 2 aromatic rings. The van der Waals surface area contributed by atoms with E-state index in [0.29, 0.717) is 0 Å². The van der Waals surface area contributed by atoms with Crippen molar-refractivity contribution in [3.05, 3.63) is 24.7 Å². The second-order valence-electron chi connectivity index (χ2n) is 3.10. The van der Waals surface area contributed by atoms with Crippen molar-refractivity contribution in [1.82, 2.24) is 20.2 Å². The van der Waals surface area contributed by atoms with Gasteiger partial charge in [-0.2, -0.15) is 5.10 Å². The van der Waals surface area contributed by atoms with Crippen LogP contribution in [-0.4, -0.2) is 34.3 Å². The van der Waals surface area contributed by atoms with Crippen LogP contribution in [0.15, 0.2) is 24.7 Å². The van der Waals surface area contributed by atoms with Gasteiger partial charge in [-0.3, -0.25) is 5.10 Å². The number of nitrogens with one attached hydrogen (secondary N) is 1. The van der Waals surface area contributed by atoms with Gasteiger partial charge in [-0.05, 0) is 12.1 Å². The van der Waals surface area contributed by atoms with E-state index in [1.165, 1.54) is 6.33 Å². The predicted molar refractivity (Wildman–Crippen MR) is 53.9 cm³/mol. The lowest BCUT2D eigenvalue weighted by molar-refractivity contribution is 1.05. The molecule has 2 aromatic heterocycles.